The molecule has 1 N–H and O–H groups in total. The average Bonchev–Trinajstić information content (AvgIpc) is 2.85. The Morgan fingerprint density at radius 1 is 1.42 bits per heavy atom. The second-order valence-electron chi connectivity index (χ2n) is 5.64. The minimum absolute atomic E-state index is 0.541. The molecule has 0 amide bonds. The summed E-state index contributed by atoms with van der Waals surface area (Å²) in [4.78, 5) is 6.89. The average molecular weight is 266 g/mol. The van der Waals surface area contributed by atoms with Crippen LogP contribution in [0.4, 0.5) is 0 Å². The Labute approximate surface area is 115 Å². The van der Waals surface area contributed by atoms with Gasteiger partial charge in [-0.15, -0.1) is 0 Å². The summed E-state index contributed by atoms with van der Waals surface area (Å²) in [5.41, 5.74) is 0. The minimum Gasteiger partial charge on any atom is -0.338 e. The molecule has 1 saturated heterocycles. The third-order valence-corrected chi connectivity index (χ3v) is 3.68. The highest BCUT2D eigenvalue weighted by molar-refractivity contribution is 4.88. The molecule has 0 bridgehead atoms. The van der Waals surface area contributed by atoms with Crippen LogP contribution in [0.25, 0.3) is 0 Å². The van der Waals surface area contributed by atoms with Crippen molar-refractivity contribution in [3.63, 3.8) is 0 Å². The predicted molar refractivity (Wildman–Crippen MR) is 74.9 cm³/mol. The van der Waals surface area contributed by atoms with Crippen LogP contribution in [0.15, 0.2) is 4.52 Å². The summed E-state index contributed by atoms with van der Waals surface area (Å²) in [7, 11) is 0. The van der Waals surface area contributed by atoms with E-state index in [0.29, 0.717) is 12.1 Å². The van der Waals surface area contributed by atoms with Crippen LogP contribution in [0.2, 0.25) is 0 Å². The lowest BCUT2D eigenvalue weighted by Gasteiger charge is -2.35. The van der Waals surface area contributed by atoms with E-state index < -0.39 is 0 Å². The van der Waals surface area contributed by atoms with E-state index in [1.54, 1.807) is 0 Å². The first kappa shape index (κ1) is 14.5. The van der Waals surface area contributed by atoms with Gasteiger partial charge < -0.3 is 9.84 Å². The highest BCUT2D eigenvalue weighted by atomic mass is 16.5. The van der Waals surface area contributed by atoms with Gasteiger partial charge in [-0.1, -0.05) is 32.3 Å². The first-order valence-electron chi connectivity index (χ1n) is 7.48. The molecule has 5 heteroatoms. The number of nitrogens with one attached hydrogen (secondary N) is 1. The van der Waals surface area contributed by atoms with E-state index in [4.69, 9.17) is 4.52 Å². The third kappa shape index (κ3) is 4.28. The predicted octanol–water partition coefficient (Wildman–Crippen LogP) is 1.98. The number of rotatable bonds is 6. The number of aromatic nitrogens is 2. The molecule has 1 aromatic rings. The quantitative estimate of drug-likeness (QED) is 0.853. The summed E-state index contributed by atoms with van der Waals surface area (Å²) in [5, 5.41) is 7.51. The Morgan fingerprint density at radius 3 is 2.95 bits per heavy atom. The number of piperidine rings is 1. The van der Waals surface area contributed by atoms with Crippen molar-refractivity contribution >= 4 is 0 Å². The van der Waals surface area contributed by atoms with Crippen LogP contribution < -0.4 is 5.32 Å². The van der Waals surface area contributed by atoms with E-state index in [9.17, 15) is 0 Å². The van der Waals surface area contributed by atoms with Crippen molar-refractivity contribution in [2.24, 2.45) is 0 Å². The zero-order chi connectivity index (χ0) is 13.7. The van der Waals surface area contributed by atoms with Gasteiger partial charge in [-0.25, -0.2) is 0 Å². The lowest BCUT2D eigenvalue weighted by Crippen LogP contribution is -2.46. The Hall–Kier alpha value is -0.940. The second-order valence-corrected chi connectivity index (χ2v) is 5.64. The third-order valence-electron chi connectivity index (χ3n) is 3.68. The van der Waals surface area contributed by atoms with Gasteiger partial charge in [0.2, 0.25) is 5.89 Å². The zero-order valence-electron chi connectivity index (χ0n) is 12.4. The zero-order valence-corrected chi connectivity index (χ0v) is 12.4. The highest BCUT2D eigenvalue weighted by Crippen LogP contribution is 2.18. The first-order valence-corrected chi connectivity index (χ1v) is 7.48. The standard InChI is InChI=1S/C14H26N4O/c1-4-13-16-14(19-17-13)10-18-8-6-5-7-12(18)9-15-11(2)3/h11-12,15H,4-10H2,1-3H3. The van der Waals surface area contributed by atoms with Crippen LogP contribution in [-0.2, 0) is 13.0 Å². The fraction of sp³-hybridized carbons (Fsp3) is 0.857. The second kappa shape index (κ2) is 7.01. The van der Waals surface area contributed by atoms with Crippen molar-refractivity contribution in [3.05, 3.63) is 11.7 Å². The molecule has 2 heterocycles. The molecular formula is C14H26N4O. The lowest BCUT2D eigenvalue weighted by atomic mass is 10.0. The minimum atomic E-state index is 0.541. The maximum absolute atomic E-state index is 5.31. The molecule has 1 aromatic heterocycles. The van der Waals surface area contributed by atoms with Crippen LogP contribution in [0.3, 0.4) is 0 Å². The van der Waals surface area contributed by atoms with Crippen molar-refractivity contribution in [1.82, 2.24) is 20.4 Å². The van der Waals surface area contributed by atoms with E-state index in [2.05, 4.69) is 34.2 Å². The van der Waals surface area contributed by atoms with Gasteiger partial charge in [0.25, 0.3) is 0 Å². The molecule has 1 atom stereocenters. The molecule has 0 aromatic carbocycles. The van der Waals surface area contributed by atoms with Crippen molar-refractivity contribution in [1.29, 1.82) is 0 Å². The molecule has 1 unspecified atom stereocenters. The molecule has 1 fully saturated rings. The van der Waals surface area contributed by atoms with Crippen LogP contribution >= 0.6 is 0 Å². The van der Waals surface area contributed by atoms with Crippen LogP contribution in [-0.4, -0.2) is 40.2 Å². The van der Waals surface area contributed by atoms with Gasteiger partial charge in [-0.3, -0.25) is 4.90 Å². The summed E-state index contributed by atoms with van der Waals surface area (Å²) in [5.74, 6) is 1.57. The Kier molecular flexibility index (Phi) is 5.34. The monoisotopic (exact) mass is 266 g/mol. The van der Waals surface area contributed by atoms with E-state index in [-0.39, 0.29) is 0 Å². The van der Waals surface area contributed by atoms with Crippen LogP contribution in [0.5, 0.6) is 0 Å². The number of nitrogens with zero attached hydrogens (tertiary/aromatic N) is 3. The fourth-order valence-corrected chi connectivity index (χ4v) is 2.54. The Morgan fingerprint density at radius 2 is 2.26 bits per heavy atom. The van der Waals surface area contributed by atoms with Gasteiger partial charge in [-0.05, 0) is 19.4 Å². The van der Waals surface area contributed by atoms with Crippen molar-refractivity contribution in [2.75, 3.05) is 13.1 Å². The van der Waals surface area contributed by atoms with Gasteiger partial charge in [0, 0.05) is 25.0 Å². The lowest BCUT2D eigenvalue weighted by molar-refractivity contribution is 0.120. The summed E-state index contributed by atoms with van der Waals surface area (Å²) in [6.45, 7) is 9.40. The summed E-state index contributed by atoms with van der Waals surface area (Å²) < 4.78 is 5.31. The number of likely N-dealkylation sites (tertiary alicyclic amines) is 1. The topological polar surface area (TPSA) is 54.2 Å². The van der Waals surface area contributed by atoms with E-state index in [1.807, 2.05) is 6.92 Å². The van der Waals surface area contributed by atoms with Crippen molar-refractivity contribution in [2.45, 2.75) is 65.1 Å². The number of hydrogen-bond donors (Lipinski definition) is 1. The molecular weight excluding hydrogens is 240 g/mol. The highest BCUT2D eigenvalue weighted by Gasteiger charge is 2.24. The smallest absolute Gasteiger partial charge is 0.240 e. The van der Waals surface area contributed by atoms with Gasteiger partial charge >= 0.3 is 0 Å². The number of aryl methyl sites for hydroxylation is 1. The summed E-state index contributed by atoms with van der Waals surface area (Å²) in [6, 6.07) is 1.13. The van der Waals surface area contributed by atoms with Crippen LogP contribution in [0.1, 0.15) is 51.7 Å². The Bertz CT molecular complexity index is 377. The van der Waals surface area contributed by atoms with Crippen molar-refractivity contribution < 1.29 is 4.52 Å². The van der Waals surface area contributed by atoms with E-state index in [0.717, 1.165) is 37.8 Å². The molecule has 0 saturated carbocycles. The number of hydrogen-bond acceptors (Lipinski definition) is 5. The van der Waals surface area contributed by atoms with E-state index >= 15 is 0 Å². The first-order chi connectivity index (χ1) is 9.19. The normalized spacial score (nSPS) is 21.2. The van der Waals surface area contributed by atoms with Gasteiger partial charge in [-0.2, -0.15) is 4.98 Å². The van der Waals surface area contributed by atoms with Crippen molar-refractivity contribution in [3.8, 4) is 0 Å². The summed E-state index contributed by atoms with van der Waals surface area (Å²) >= 11 is 0. The maximum atomic E-state index is 5.31. The van der Waals surface area contributed by atoms with Gasteiger partial charge in [0.15, 0.2) is 5.82 Å². The maximum Gasteiger partial charge on any atom is 0.240 e. The SMILES string of the molecule is CCc1noc(CN2CCCCC2CNC(C)C)n1. The molecule has 1 aliphatic heterocycles. The van der Waals surface area contributed by atoms with E-state index in [1.165, 1.54) is 19.3 Å². The van der Waals surface area contributed by atoms with Gasteiger partial charge in [0.1, 0.15) is 0 Å². The molecule has 0 aliphatic carbocycles. The molecule has 19 heavy (non-hydrogen) atoms. The molecule has 2 rings (SSSR count). The molecule has 0 radical (unpaired) electrons. The van der Waals surface area contributed by atoms with Crippen LogP contribution in [0, 0.1) is 0 Å². The largest absolute Gasteiger partial charge is 0.338 e. The fourth-order valence-electron chi connectivity index (χ4n) is 2.54. The Balaban J connectivity index is 1.91. The summed E-state index contributed by atoms with van der Waals surface area (Å²) in [6.07, 6.45) is 4.69. The molecule has 108 valence electrons. The molecule has 1 aliphatic rings. The molecule has 5 nitrogen and oxygen atoms in total. The molecule has 0 spiro atoms. The van der Waals surface area contributed by atoms with Gasteiger partial charge in [0.05, 0.1) is 6.54 Å².